The van der Waals surface area contributed by atoms with Crippen LogP contribution in [0.5, 0.6) is 0 Å². The fraction of sp³-hybridized carbons (Fsp3) is 0.583. The van der Waals surface area contributed by atoms with Crippen molar-refractivity contribution in [3.63, 3.8) is 0 Å². The van der Waals surface area contributed by atoms with Gasteiger partial charge in [-0.15, -0.1) is 0 Å². The number of nitrogens with two attached hydrogens (primary N) is 2. The topological polar surface area (TPSA) is 177 Å². The molecule has 4 unspecified atom stereocenters. The van der Waals surface area contributed by atoms with Gasteiger partial charge in [-0.2, -0.15) is 0 Å². The van der Waals surface area contributed by atoms with E-state index in [9.17, 15) is 24.3 Å². The highest BCUT2D eigenvalue weighted by atomic mass is 16.4. The lowest BCUT2D eigenvalue weighted by Crippen LogP contribution is -2.57. The van der Waals surface area contributed by atoms with Crippen molar-refractivity contribution in [2.24, 2.45) is 17.4 Å². The van der Waals surface area contributed by atoms with Gasteiger partial charge in [0.1, 0.15) is 18.1 Å². The lowest BCUT2D eigenvalue weighted by molar-refractivity contribution is -0.142. The van der Waals surface area contributed by atoms with Crippen molar-refractivity contribution in [3.8, 4) is 0 Å². The second kappa shape index (κ2) is 15.0. The Kier molecular flexibility index (Phi) is 12.8. The Bertz CT molecular complexity index is 802. The Hall–Kier alpha value is -2.98. The molecule has 1 aromatic carbocycles. The van der Waals surface area contributed by atoms with Gasteiger partial charge in [-0.25, -0.2) is 4.79 Å². The van der Waals surface area contributed by atoms with Crippen molar-refractivity contribution >= 4 is 23.7 Å². The fourth-order valence-electron chi connectivity index (χ4n) is 3.38. The Balaban J connectivity index is 2.85. The van der Waals surface area contributed by atoms with Crippen molar-refractivity contribution in [1.82, 2.24) is 16.0 Å². The first-order valence-electron chi connectivity index (χ1n) is 11.7. The molecule has 1 aromatic rings. The molecule has 34 heavy (non-hydrogen) atoms. The van der Waals surface area contributed by atoms with Crippen LogP contribution >= 0.6 is 0 Å². The number of hydrogen-bond donors (Lipinski definition) is 6. The van der Waals surface area contributed by atoms with E-state index < -0.39 is 47.9 Å². The van der Waals surface area contributed by atoms with Gasteiger partial charge in [0.25, 0.3) is 0 Å². The van der Waals surface area contributed by atoms with Gasteiger partial charge in [-0.3, -0.25) is 14.4 Å². The average molecular weight is 478 g/mol. The molecule has 8 N–H and O–H groups in total. The smallest absolute Gasteiger partial charge is 0.326 e. The maximum absolute atomic E-state index is 13.0. The van der Waals surface area contributed by atoms with E-state index in [0.717, 1.165) is 5.56 Å². The first-order valence-corrected chi connectivity index (χ1v) is 11.7. The summed E-state index contributed by atoms with van der Waals surface area (Å²) >= 11 is 0. The van der Waals surface area contributed by atoms with Gasteiger partial charge in [0.15, 0.2) is 0 Å². The number of carbonyl (C=O) groups excluding carboxylic acids is 3. The third-order valence-corrected chi connectivity index (χ3v) is 5.29. The number of carboxylic acid groups (broad SMARTS) is 1. The molecule has 0 heterocycles. The monoisotopic (exact) mass is 477 g/mol. The first kappa shape index (κ1) is 29.1. The van der Waals surface area contributed by atoms with E-state index in [4.69, 9.17) is 11.5 Å². The molecule has 1 rings (SSSR count). The van der Waals surface area contributed by atoms with Gasteiger partial charge in [0.05, 0.1) is 6.04 Å². The molecule has 0 spiro atoms. The Morgan fingerprint density at radius 2 is 1.50 bits per heavy atom. The fourth-order valence-corrected chi connectivity index (χ4v) is 3.38. The number of aliphatic carboxylic acids is 1. The second-order valence-corrected chi connectivity index (χ2v) is 8.90. The summed E-state index contributed by atoms with van der Waals surface area (Å²) in [5.74, 6) is -2.59. The molecule has 0 bridgehead atoms. The zero-order valence-corrected chi connectivity index (χ0v) is 20.3. The predicted octanol–water partition coefficient (Wildman–Crippen LogP) is 0.290. The summed E-state index contributed by atoms with van der Waals surface area (Å²) in [6.45, 7) is 5.78. The minimum absolute atomic E-state index is 0.206. The predicted molar refractivity (Wildman–Crippen MR) is 130 cm³/mol. The molecule has 10 nitrogen and oxygen atoms in total. The van der Waals surface area contributed by atoms with Crippen LogP contribution in [0.25, 0.3) is 0 Å². The number of nitrogens with one attached hydrogen (secondary N) is 3. The number of rotatable bonds is 15. The third kappa shape index (κ3) is 10.8. The Labute approximate surface area is 201 Å². The summed E-state index contributed by atoms with van der Waals surface area (Å²) in [5.41, 5.74) is 12.2. The largest absolute Gasteiger partial charge is 0.480 e. The van der Waals surface area contributed by atoms with Crippen molar-refractivity contribution in [1.29, 1.82) is 0 Å². The van der Waals surface area contributed by atoms with Gasteiger partial charge < -0.3 is 32.5 Å². The maximum atomic E-state index is 13.0. The molecular weight excluding hydrogens is 438 g/mol. The summed E-state index contributed by atoms with van der Waals surface area (Å²) in [6, 6.07) is 5.34. The number of carboxylic acids is 1. The standard InChI is InChI=1S/C24H39N5O5/c1-15(2)13-18(26)22(31)29-20(14-17-9-5-4-6-10-17)23(32)27-16(3)21(30)28-19(24(33)34)11-7-8-12-25/h4-6,9-10,15-16,18-20H,7-8,11-14,25-26H2,1-3H3,(H,27,32)(H,28,30)(H,29,31)(H,33,34). The van der Waals surface area contributed by atoms with Crippen molar-refractivity contribution in [3.05, 3.63) is 35.9 Å². The lowest BCUT2D eigenvalue weighted by Gasteiger charge is -2.24. The van der Waals surface area contributed by atoms with Crippen LogP contribution < -0.4 is 27.4 Å². The van der Waals surface area contributed by atoms with Gasteiger partial charge >= 0.3 is 5.97 Å². The molecule has 0 saturated carbocycles. The number of benzene rings is 1. The molecular formula is C24H39N5O5. The minimum Gasteiger partial charge on any atom is -0.480 e. The van der Waals surface area contributed by atoms with Gasteiger partial charge in [-0.1, -0.05) is 44.2 Å². The van der Waals surface area contributed by atoms with E-state index in [1.165, 1.54) is 6.92 Å². The normalized spacial score (nSPS) is 14.5. The number of carbonyl (C=O) groups is 4. The molecule has 10 heteroatoms. The molecule has 0 aliphatic heterocycles. The minimum atomic E-state index is -1.16. The van der Waals surface area contributed by atoms with Crippen LogP contribution in [0.1, 0.15) is 52.0 Å². The summed E-state index contributed by atoms with van der Waals surface area (Å²) < 4.78 is 0. The molecule has 0 radical (unpaired) electrons. The number of amides is 3. The average Bonchev–Trinajstić information content (AvgIpc) is 2.77. The Morgan fingerprint density at radius 1 is 0.882 bits per heavy atom. The highest BCUT2D eigenvalue weighted by Gasteiger charge is 2.28. The van der Waals surface area contributed by atoms with Crippen LogP contribution in [-0.4, -0.2) is 59.5 Å². The van der Waals surface area contributed by atoms with E-state index in [0.29, 0.717) is 25.8 Å². The van der Waals surface area contributed by atoms with E-state index in [2.05, 4.69) is 16.0 Å². The molecule has 4 atom stereocenters. The highest BCUT2D eigenvalue weighted by Crippen LogP contribution is 2.07. The number of hydrogen-bond acceptors (Lipinski definition) is 6. The zero-order chi connectivity index (χ0) is 25.7. The summed E-state index contributed by atoms with van der Waals surface area (Å²) in [7, 11) is 0. The lowest BCUT2D eigenvalue weighted by atomic mass is 10.0. The summed E-state index contributed by atoms with van der Waals surface area (Å²) in [4.78, 5) is 49.6. The van der Waals surface area contributed by atoms with Crippen LogP contribution in [0.2, 0.25) is 0 Å². The second-order valence-electron chi connectivity index (χ2n) is 8.90. The molecule has 0 fully saturated rings. The van der Waals surface area contributed by atoms with Crippen LogP contribution in [0.4, 0.5) is 0 Å². The van der Waals surface area contributed by atoms with Crippen molar-refractivity contribution in [2.45, 2.75) is 77.0 Å². The van der Waals surface area contributed by atoms with Crippen LogP contribution in [-0.2, 0) is 25.6 Å². The molecule has 0 aliphatic carbocycles. The summed E-state index contributed by atoms with van der Waals surface area (Å²) in [6.07, 6.45) is 2.10. The quantitative estimate of drug-likeness (QED) is 0.197. The van der Waals surface area contributed by atoms with E-state index in [1.54, 1.807) is 0 Å². The zero-order valence-electron chi connectivity index (χ0n) is 20.3. The van der Waals surface area contributed by atoms with Gasteiger partial charge in [0.2, 0.25) is 17.7 Å². The van der Waals surface area contributed by atoms with Gasteiger partial charge in [0, 0.05) is 6.42 Å². The molecule has 190 valence electrons. The van der Waals surface area contributed by atoms with Gasteiger partial charge in [-0.05, 0) is 50.6 Å². The third-order valence-electron chi connectivity index (χ3n) is 5.29. The molecule has 3 amide bonds. The Morgan fingerprint density at radius 3 is 2.06 bits per heavy atom. The summed E-state index contributed by atoms with van der Waals surface area (Å²) in [5, 5.41) is 17.1. The van der Waals surface area contributed by atoms with Crippen LogP contribution in [0, 0.1) is 5.92 Å². The van der Waals surface area contributed by atoms with Crippen LogP contribution in [0.3, 0.4) is 0 Å². The van der Waals surface area contributed by atoms with E-state index in [1.807, 2.05) is 44.2 Å². The molecule has 0 saturated heterocycles. The van der Waals surface area contributed by atoms with Crippen LogP contribution in [0.15, 0.2) is 30.3 Å². The maximum Gasteiger partial charge on any atom is 0.326 e. The van der Waals surface area contributed by atoms with E-state index >= 15 is 0 Å². The van der Waals surface area contributed by atoms with Crippen molar-refractivity contribution < 1.29 is 24.3 Å². The highest BCUT2D eigenvalue weighted by molar-refractivity contribution is 5.94. The first-order chi connectivity index (χ1) is 16.0. The molecule has 0 aliphatic rings. The van der Waals surface area contributed by atoms with E-state index in [-0.39, 0.29) is 18.8 Å². The van der Waals surface area contributed by atoms with Crippen molar-refractivity contribution in [2.75, 3.05) is 6.54 Å². The molecule has 0 aromatic heterocycles. The number of unbranched alkanes of at least 4 members (excludes halogenated alkanes) is 1. The SMILES string of the molecule is CC(C)CC(N)C(=O)NC(Cc1ccccc1)C(=O)NC(C)C(=O)NC(CCCCN)C(=O)O.